The zero-order valence-corrected chi connectivity index (χ0v) is 25.2. The molecule has 1 aliphatic carbocycles. The van der Waals surface area contributed by atoms with E-state index in [0.717, 1.165) is 32.2 Å². The summed E-state index contributed by atoms with van der Waals surface area (Å²) in [5.74, 6) is 0. The summed E-state index contributed by atoms with van der Waals surface area (Å²) in [5.41, 5.74) is 14.9. The van der Waals surface area contributed by atoms with Crippen LogP contribution in [0.15, 0.2) is 108 Å². The molecule has 0 bridgehead atoms. The van der Waals surface area contributed by atoms with Crippen molar-refractivity contribution in [2.24, 2.45) is 0 Å². The molecule has 0 atom stereocenters. The second-order valence-corrected chi connectivity index (χ2v) is 11.8. The molecule has 0 spiro atoms. The van der Waals surface area contributed by atoms with Crippen LogP contribution in [0.2, 0.25) is 0 Å². The molecule has 2 heteroatoms. The molecule has 3 heterocycles. The molecule has 2 nitrogen and oxygen atoms in total. The van der Waals surface area contributed by atoms with Crippen molar-refractivity contribution in [1.82, 2.24) is 0 Å². The zero-order chi connectivity index (χ0) is 28.6. The highest BCUT2D eigenvalue weighted by molar-refractivity contribution is 5.79. The highest BCUT2D eigenvalue weighted by Crippen LogP contribution is 2.39. The van der Waals surface area contributed by atoms with Crippen molar-refractivity contribution < 1.29 is 9.13 Å². The third-order valence-electron chi connectivity index (χ3n) is 9.44. The third-order valence-corrected chi connectivity index (χ3v) is 9.44. The van der Waals surface area contributed by atoms with E-state index in [-0.39, 0.29) is 5.54 Å². The molecule has 206 valence electrons. The van der Waals surface area contributed by atoms with Crippen LogP contribution in [0.25, 0.3) is 28.5 Å². The molecule has 41 heavy (non-hydrogen) atoms. The lowest BCUT2D eigenvalue weighted by Gasteiger charge is -2.30. The van der Waals surface area contributed by atoms with E-state index in [1.807, 2.05) is 0 Å². The van der Waals surface area contributed by atoms with Gasteiger partial charge in [-0.25, -0.2) is 0 Å². The van der Waals surface area contributed by atoms with Gasteiger partial charge in [0.2, 0.25) is 11.4 Å². The van der Waals surface area contributed by atoms with E-state index in [4.69, 9.17) is 0 Å². The first-order chi connectivity index (χ1) is 19.9. The molecule has 1 aliphatic heterocycles. The highest BCUT2D eigenvalue weighted by Gasteiger charge is 2.47. The van der Waals surface area contributed by atoms with Gasteiger partial charge in [0.25, 0.3) is 0 Å². The van der Waals surface area contributed by atoms with E-state index < -0.39 is 0 Å². The monoisotopic (exact) mass is 538 g/mol. The molecule has 4 aromatic rings. The minimum Gasteiger partial charge on any atom is -0.194 e. The Morgan fingerprint density at radius 3 is 2.24 bits per heavy atom. The van der Waals surface area contributed by atoms with Gasteiger partial charge < -0.3 is 0 Å². The van der Waals surface area contributed by atoms with Gasteiger partial charge in [-0.15, -0.1) is 0 Å². The SMILES string of the molecule is CCC1(CC)C(C[n+]2ccc(C)cc2C2=C(C)C=C(c3ccccc3)CC2)=Cc2ccccc2-c2cccc(C)[n+]21. The molecule has 0 unspecified atom stereocenters. The molecule has 2 aromatic carbocycles. The number of hydrogen-bond acceptors (Lipinski definition) is 0. The van der Waals surface area contributed by atoms with Crippen LogP contribution < -0.4 is 9.13 Å². The van der Waals surface area contributed by atoms with E-state index in [0.29, 0.717) is 0 Å². The van der Waals surface area contributed by atoms with Gasteiger partial charge in [-0.05, 0) is 72.7 Å². The second-order valence-electron chi connectivity index (χ2n) is 11.8. The van der Waals surface area contributed by atoms with E-state index in [2.05, 4.69) is 147 Å². The molecule has 2 aromatic heterocycles. The maximum atomic E-state index is 2.64. The van der Waals surface area contributed by atoms with Gasteiger partial charge in [-0.1, -0.05) is 68.5 Å². The molecular formula is C39H42N2+2. The van der Waals surface area contributed by atoms with Gasteiger partial charge in [0.05, 0.1) is 11.1 Å². The maximum Gasteiger partial charge on any atom is 0.214 e. The fraction of sp³-hybridized carbons (Fsp3) is 0.282. The van der Waals surface area contributed by atoms with Crippen molar-refractivity contribution in [2.45, 2.75) is 72.4 Å². The van der Waals surface area contributed by atoms with E-state index in [1.54, 1.807) is 0 Å². The smallest absolute Gasteiger partial charge is 0.194 e. The van der Waals surface area contributed by atoms with Gasteiger partial charge in [-0.2, -0.15) is 9.13 Å². The third kappa shape index (κ3) is 4.80. The molecule has 0 N–H and O–H groups in total. The number of nitrogens with zero attached hydrogens (tertiary/aromatic N) is 2. The number of aryl methyl sites for hydroxylation is 2. The van der Waals surface area contributed by atoms with Gasteiger partial charge in [0.15, 0.2) is 24.0 Å². The molecule has 0 saturated heterocycles. The summed E-state index contributed by atoms with van der Waals surface area (Å²) in [5, 5.41) is 0. The average Bonchev–Trinajstić information content (AvgIpc) is 3.11. The quantitative estimate of drug-likeness (QED) is 0.217. The van der Waals surface area contributed by atoms with Crippen LogP contribution in [-0.2, 0) is 12.1 Å². The summed E-state index contributed by atoms with van der Waals surface area (Å²) in [6.45, 7) is 12.4. The molecule has 0 saturated carbocycles. The topological polar surface area (TPSA) is 7.76 Å². The highest BCUT2D eigenvalue weighted by atomic mass is 15.1. The van der Waals surface area contributed by atoms with Crippen LogP contribution in [0, 0.1) is 13.8 Å². The maximum absolute atomic E-state index is 2.64. The number of benzene rings is 2. The number of allylic oxidation sites excluding steroid dienone is 5. The Hall–Kier alpha value is -4.04. The van der Waals surface area contributed by atoms with Crippen molar-refractivity contribution in [2.75, 3.05) is 0 Å². The minimum atomic E-state index is -0.106. The minimum absolute atomic E-state index is 0.106. The van der Waals surface area contributed by atoms with Crippen molar-refractivity contribution in [3.05, 3.63) is 136 Å². The number of aromatic nitrogens is 2. The van der Waals surface area contributed by atoms with Gasteiger partial charge >= 0.3 is 0 Å². The van der Waals surface area contributed by atoms with Crippen LogP contribution in [-0.4, -0.2) is 0 Å². The van der Waals surface area contributed by atoms with E-state index >= 15 is 0 Å². The lowest BCUT2D eigenvalue weighted by atomic mass is 9.82. The van der Waals surface area contributed by atoms with Crippen LogP contribution in [0.1, 0.15) is 74.5 Å². The molecular weight excluding hydrogens is 496 g/mol. The van der Waals surface area contributed by atoms with Crippen molar-refractivity contribution in [1.29, 1.82) is 0 Å². The first-order valence-corrected chi connectivity index (χ1v) is 15.2. The van der Waals surface area contributed by atoms with Crippen LogP contribution in [0.4, 0.5) is 0 Å². The lowest BCUT2D eigenvalue weighted by molar-refractivity contribution is -0.761. The molecule has 2 aliphatic rings. The van der Waals surface area contributed by atoms with E-state index in [9.17, 15) is 0 Å². The summed E-state index contributed by atoms with van der Waals surface area (Å²) in [4.78, 5) is 0. The number of hydrogen-bond donors (Lipinski definition) is 0. The molecule has 6 rings (SSSR count). The standard InChI is InChI=1S/C39H42N2/c1-6-39(7-2)34(26-33-17-11-12-18-36(33)37-19-13-14-30(5)41(37)39)27-40-23-22-28(3)24-38(40)35-21-20-32(25-29(35)4)31-15-9-8-10-16-31/h8-19,22-26H,6-7,20-21,27H2,1-5H3/q+2. The Morgan fingerprint density at radius 2 is 1.49 bits per heavy atom. The predicted octanol–water partition coefficient (Wildman–Crippen LogP) is 8.81. The van der Waals surface area contributed by atoms with Gasteiger partial charge in [0.1, 0.15) is 0 Å². The molecule has 0 amide bonds. The molecule has 0 radical (unpaired) electrons. The summed E-state index contributed by atoms with van der Waals surface area (Å²) in [6, 6.07) is 31.2. The Balaban J connectivity index is 1.50. The van der Waals surface area contributed by atoms with Crippen LogP contribution >= 0.6 is 0 Å². The Labute approximate surface area is 246 Å². The Bertz CT molecular complexity index is 1700. The fourth-order valence-corrected chi connectivity index (χ4v) is 7.23. The second kappa shape index (κ2) is 11.1. The van der Waals surface area contributed by atoms with Crippen LogP contribution in [0.3, 0.4) is 0 Å². The summed E-state index contributed by atoms with van der Waals surface area (Å²) in [7, 11) is 0. The zero-order valence-electron chi connectivity index (χ0n) is 25.2. The summed E-state index contributed by atoms with van der Waals surface area (Å²) in [6.07, 6.45) is 11.4. The Morgan fingerprint density at radius 1 is 0.732 bits per heavy atom. The first-order valence-electron chi connectivity index (χ1n) is 15.2. The normalized spacial score (nSPS) is 15.9. The Kier molecular flexibility index (Phi) is 7.34. The van der Waals surface area contributed by atoms with E-state index in [1.165, 1.54) is 61.6 Å². The fourth-order valence-electron chi connectivity index (χ4n) is 7.23. The lowest BCUT2D eigenvalue weighted by Crippen LogP contribution is -2.61. The first kappa shape index (κ1) is 27.1. The summed E-state index contributed by atoms with van der Waals surface area (Å²) >= 11 is 0. The largest absolute Gasteiger partial charge is 0.214 e. The summed E-state index contributed by atoms with van der Waals surface area (Å²) < 4.78 is 5.16. The number of rotatable bonds is 6. The van der Waals surface area contributed by atoms with Gasteiger partial charge in [0, 0.05) is 49.6 Å². The average molecular weight is 539 g/mol. The van der Waals surface area contributed by atoms with Crippen molar-refractivity contribution in [3.63, 3.8) is 0 Å². The number of pyridine rings is 2. The van der Waals surface area contributed by atoms with Gasteiger partial charge in [-0.3, -0.25) is 0 Å². The van der Waals surface area contributed by atoms with Crippen molar-refractivity contribution in [3.8, 4) is 11.3 Å². The van der Waals surface area contributed by atoms with Crippen LogP contribution in [0.5, 0.6) is 0 Å². The number of fused-ring (bicyclic) bond motifs is 3. The van der Waals surface area contributed by atoms with Crippen molar-refractivity contribution >= 4 is 17.2 Å². The molecule has 0 fully saturated rings. The predicted molar refractivity (Wildman–Crippen MR) is 171 cm³/mol.